The average molecular weight is 455 g/mol. The van der Waals surface area contributed by atoms with Crippen LogP contribution < -0.4 is 4.90 Å². The number of hydrogen-bond acceptors (Lipinski definition) is 6. The Kier molecular flexibility index (Phi) is 5.94. The quantitative estimate of drug-likeness (QED) is 0.310. The highest BCUT2D eigenvalue weighted by Crippen LogP contribution is 2.30. The van der Waals surface area contributed by atoms with Crippen LogP contribution in [0.4, 0.5) is 5.69 Å². The van der Waals surface area contributed by atoms with E-state index < -0.39 is 23.9 Å². The number of carbonyl (C=O) groups is 5. The Balaban J connectivity index is 1.55. The molecule has 1 heterocycles. The van der Waals surface area contributed by atoms with Gasteiger partial charge < -0.3 is 4.74 Å². The first-order valence-electron chi connectivity index (χ1n) is 10.6. The van der Waals surface area contributed by atoms with Crippen LogP contribution in [0.2, 0.25) is 0 Å². The number of anilines is 1. The van der Waals surface area contributed by atoms with E-state index in [4.69, 9.17) is 4.74 Å². The fourth-order valence-corrected chi connectivity index (χ4v) is 3.70. The van der Waals surface area contributed by atoms with Gasteiger partial charge in [0.05, 0.1) is 22.4 Å². The highest BCUT2D eigenvalue weighted by molar-refractivity contribution is 6.34. The van der Waals surface area contributed by atoms with Gasteiger partial charge in [0, 0.05) is 11.1 Å². The highest BCUT2D eigenvalue weighted by Gasteiger charge is 2.37. The number of amides is 2. The standard InChI is InChI=1S/C27H21NO6/c1-15-7-9-18(10-8-15)24(30)17(3)34-27(33)20-11-12-22-23(14-20)26(32)28(25(22)31)21-6-4-5-19(13-21)16(2)29/h4-14,17H,1-3H3. The van der Waals surface area contributed by atoms with Gasteiger partial charge in [0.25, 0.3) is 11.8 Å². The Labute approximate surface area is 196 Å². The molecule has 0 radical (unpaired) electrons. The minimum absolute atomic E-state index is 0.0443. The molecule has 1 atom stereocenters. The number of ketones is 2. The van der Waals surface area contributed by atoms with E-state index in [2.05, 4.69) is 0 Å². The Bertz CT molecular complexity index is 1360. The maximum atomic E-state index is 13.0. The van der Waals surface area contributed by atoms with Crippen molar-refractivity contribution >= 4 is 35.0 Å². The predicted molar refractivity (Wildman–Crippen MR) is 124 cm³/mol. The number of esters is 1. The van der Waals surface area contributed by atoms with Gasteiger partial charge >= 0.3 is 5.97 Å². The average Bonchev–Trinajstić information content (AvgIpc) is 3.08. The van der Waals surface area contributed by atoms with Crippen LogP contribution in [-0.4, -0.2) is 35.5 Å². The number of hydrogen-bond donors (Lipinski definition) is 0. The van der Waals surface area contributed by atoms with Gasteiger partial charge in [-0.15, -0.1) is 0 Å². The maximum Gasteiger partial charge on any atom is 0.338 e. The third kappa shape index (κ3) is 4.15. The summed E-state index contributed by atoms with van der Waals surface area (Å²) < 4.78 is 5.32. The second-order valence-electron chi connectivity index (χ2n) is 8.09. The topological polar surface area (TPSA) is 97.8 Å². The van der Waals surface area contributed by atoms with Crippen molar-refractivity contribution in [2.45, 2.75) is 26.9 Å². The number of imide groups is 1. The second kappa shape index (κ2) is 8.86. The molecule has 34 heavy (non-hydrogen) atoms. The molecule has 0 bridgehead atoms. The van der Waals surface area contributed by atoms with Gasteiger partial charge in [-0.05, 0) is 51.1 Å². The first-order valence-corrected chi connectivity index (χ1v) is 10.6. The minimum Gasteiger partial charge on any atom is -0.451 e. The number of fused-ring (bicyclic) bond motifs is 1. The van der Waals surface area contributed by atoms with Crippen LogP contribution in [0.15, 0.2) is 66.7 Å². The lowest BCUT2D eigenvalue weighted by Crippen LogP contribution is -2.29. The van der Waals surface area contributed by atoms with Crippen LogP contribution in [0.3, 0.4) is 0 Å². The number of nitrogens with zero attached hydrogens (tertiary/aromatic N) is 1. The molecule has 3 aromatic carbocycles. The molecule has 0 saturated heterocycles. The van der Waals surface area contributed by atoms with Crippen molar-refractivity contribution in [3.05, 3.63) is 100 Å². The third-order valence-electron chi connectivity index (χ3n) is 5.62. The Morgan fingerprint density at radius 3 is 2.12 bits per heavy atom. The number of Topliss-reactive ketones (excluding diaryl/α,β-unsaturated/α-hetero) is 2. The lowest BCUT2D eigenvalue weighted by atomic mass is 10.0. The second-order valence-corrected chi connectivity index (χ2v) is 8.09. The molecule has 1 aliphatic rings. The molecule has 0 saturated carbocycles. The molecule has 4 rings (SSSR count). The number of carbonyl (C=O) groups excluding carboxylic acids is 5. The van der Waals surface area contributed by atoms with Crippen molar-refractivity contribution in [2.75, 3.05) is 4.90 Å². The van der Waals surface area contributed by atoms with E-state index in [1.54, 1.807) is 42.5 Å². The van der Waals surface area contributed by atoms with E-state index in [0.29, 0.717) is 11.1 Å². The van der Waals surface area contributed by atoms with Crippen molar-refractivity contribution in [3.63, 3.8) is 0 Å². The number of ether oxygens (including phenoxy) is 1. The van der Waals surface area contributed by atoms with Gasteiger partial charge in [0.2, 0.25) is 5.78 Å². The van der Waals surface area contributed by atoms with Crippen LogP contribution in [0.25, 0.3) is 0 Å². The van der Waals surface area contributed by atoms with Crippen molar-refractivity contribution in [2.24, 2.45) is 0 Å². The molecule has 2 amide bonds. The zero-order valence-electron chi connectivity index (χ0n) is 18.8. The first-order chi connectivity index (χ1) is 16.2. The predicted octanol–water partition coefficient (Wildman–Crippen LogP) is 4.43. The summed E-state index contributed by atoms with van der Waals surface area (Å²) in [7, 11) is 0. The monoisotopic (exact) mass is 455 g/mol. The largest absolute Gasteiger partial charge is 0.451 e. The Morgan fingerprint density at radius 1 is 0.794 bits per heavy atom. The summed E-state index contributed by atoms with van der Waals surface area (Å²) in [6.45, 7) is 4.77. The van der Waals surface area contributed by atoms with Crippen LogP contribution in [0, 0.1) is 6.92 Å². The van der Waals surface area contributed by atoms with Gasteiger partial charge in [-0.25, -0.2) is 9.69 Å². The summed E-state index contributed by atoms with van der Waals surface area (Å²) in [6, 6.07) is 17.2. The van der Waals surface area contributed by atoms with E-state index >= 15 is 0 Å². The molecule has 1 unspecified atom stereocenters. The van der Waals surface area contributed by atoms with Gasteiger partial charge in [-0.3, -0.25) is 19.2 Å². The van der Waals surface area contributed by atoms with Crippen molar-refractivity contribution in [1.82, 2.24) is 0 Å². The molecule has 0 spiro atoms. The Morgan fingerprint density at radius 2 is 1.44 bits per heavy atom. The summed E-state index contributed by atoms with van der Waals surface area (Å²) >= 11 is 0. The van der Waals surface area contributed by atoms with Crippen LogP contribution in [-0.2, 0) is 4.74 Å². The third-order valence-corrected chi connectivity index (χ3v) is 5.62. The van der Waals surface area contributed by atoms with Crippen molar-refractivity contribution in [1.29, 1.82) is 0 Å². The highest BCUT2D eigenvalue weighted by atomic mass is 16.5. The number of aryl methyl sites for hydroxylation is 1. The summed E-state index contributed by atoms with van der Waals surface area (Å²) in [5.41, 5.74) is 2.28. The molecule has 0 N–H and O–H groups in total. The van der Waals surface area contributed by atoms with Crippen LogP contribution >= 0.6 is 0 Å². The molecule has 0 fully saturated rings. The number of benzene rings is 3. The normalized spacial score (nSPS) is 13.4. The first kappa shape index (κ1) is 22.8. The minimum atomic E-state index is -1.04. The lowest BCUT2D eigenvalue weighted by Gasteiger charge is -2.14. The van der Waals surface area contributed by atoms with E-state index in [9.17, 15) is 24.0 Å². The molecular formula is C27H21NO6. The zero-order valence-corrected chi connectivity index (χ0v) is 18.8. The molecule has 170 valence electrons. The molecule has 1 aliphatic heterocycles. The summed E-state index contributed by atoms with van der Waals surface area (Å²) in [6.07, 6.45) is -1.04. The summed E-state index contributed by atoms with van der Waals surface area (Å²) in [5, 5.41) is 0. The molecule has 7 nitrogen and oxygen atoms in total. The van der Waals surface area contributed by atoms with E-state index in [0.717, 1.165) is 10.5 Å². The van der Waals surface area contributed by atoms with Crippen molar-refractivity contribution in [3.8, 4) is 0 Å². The van der Waals surface area contributed by atoms with Crippen LogP contribution in [0.1, 0.15) is 71.2 Å². The van der Waals surface area contributed by atoms with E-state index in [1.165, 1.54) is 38.1 Å². The molecular weight excluding hydrogens is 434 g/mol. The van der Waals surface area contributed by atoms with E-state index in [1.807, 2.05) is 6.92 Å². The zero-order chi connectivity index (χ0) is 24.6. The fourth-order valence-electron chi connectivity index (χ4n) is 3.70. The fraction of sp³-hybridized carbons (Fsp3) is 0.148. The molecule has 7 heteroatoms. The van der Waals surface area contributed by atoms with E-state index in [-0.39, 0.29) is 33.9 Å². The molecule has 0 aliphatic carbocycles. The van der Waals surface area contributed by atoms with Crippen molar-refractivity contribution < 1.29 is 28.7 Å². The molecule has 0 aromatic heterocycles. The lowest BCUT2D eigenvalue weighted by molar-refractivity contribution is 0.0318. The van der Waals surface area contributed by atoms with Gasteiger partial charge in [0.1, 0.15) is 0 Å². The van der Waals surface area contributed by atoms with Gasteiger partial charge in [0.15, 0.2) is 11.9 Å². The van der Waals surface area contributed by atoms with Crippen LogP contribution in [0.5, 0.6) is 0 Å². The Hall–Kier alpha value is -4.39. The van der Waals surface area contributed by atoms with Gasteiger partial charge in [-0.2, -0.15) is 0 Å². The SMILES string of the molecule is CC(=O)c1cccc(N2C(=O)c3ccc(C(=O)OC(C)C(=O)c4ccc(C)cc4)cc3C2=O)c1. The van der Waals surface area contributed by atoms with Gasteiger partial charge in [-0.1, -0.05) is 42.0 Å². The molecule has 3 aromatic rings. The maximum absolute atomic E-state index is 13.0. The summed E-state index contributed by atoms with van der Waals surface area (Å²) in [4.78, 5) is 63.8. The number of rotatable bonds is 6. The summed E-state index contributed by atoms with van der Waals surface area (Å²) in [5.74, 6) is -2.49. The smallest absolute Gasteiger partial charge is 0.338 e.